The van der Waals surface area contributed by atoms with Gasteiger partial charge in [-0.15, -0.1) is 0 Å². The first-order valence-electron chi connectivity index (χ1n) is 22.9. The van der Waals surface area contributed by atoms with Gasteiger partial charge >= 0.3 is 0 Å². The monoisotopic (exact) mass is 847 g/mol. The molecule has 10 atom stereocenters. The second-order valence-corrected chi connectivity index (χ2v) is 15.9. The summed E-state index contributed by atoms with van der Waals surface area (Å²) in [6.07, 6.45) is 25.6. The number of aliphatic hydroxyl groups excluding tert-OH is 5. The first kappa shape index (κ1) is 55.5. The molecule has 10 heteroatoms. The lowest BCUT2D eigenvalue weighted by atomic mass is 9.90. The highest BCUT2D eigenvalue weighted by molar-refractivity contribution is 5.10. The molecule has 60 heavy (non-hydrogen) atoms. The first-order valence-corrected chi connectivity index (χ1v) is 22.9. The Labute approximate surface area is 364 Å². The van der Waals surface area contributed by atoms with Crippen LogP contribution in [0.1, 0.15) is 152 Å². The van der Waals surface area contributed by atoms with Crippen LogP contribution in [0.25, 0.3) is 0 Å². The predicted octanol–water partition coefficient (Wildman–Crippen LogP) is 9.66. The lowest BCUT2D eigenvalue weighted by molar-refractivity contribution is -0.0446. The van der Waals surface area contributed by atoms with Gasteiger partial charge in [-0.1, -0.05) is 71.4 Å². The zero-order valence-corrected chi connectivity index (χ0v) is 38.7. The Bertz CT molecular complexity index is 1240. The summed E-state index contributed by atoms with van der Waals surface area (Å²) in [7, 11) is 0. The molecule has 5 fully saturated rings. The van der Waals surface area contributed by atoms with Crippen molar-refractivity contribution in [2.24, 2.45) is 0 Å². The van der Waals surface area contributed by atoms with E-state index in [-0.39, 0.29) is 61.0 Å². The molecule has 0 spiro atoms. The molecule has 0 radical (unpaired) electrons. The predicted molar refractivity (Wildman–Crippen MR) is 244 cm³/mol. The SMILES string of the molecule is C/C=C1/CCC(O)C(OCC)C1.C/C=C1/CCC(OCC)C(O)C1.C/C=C1\CCC(OCC)C(O)C1.C=COC1C/C(=C/C)CCC1O.C=COC1C/C(=C\C)CCC1O. The zero-order valence-electron chi connectivity index (χ0n) is 38.7. The van der Waals surface area contributed by atoms with Crippen LogP contribution >= 0.6 is 0 Å². The van der Waals surface area contributed by atoms with Gasteiger partial charge in [-0.25, -0.2) is 0 Å². The van der Waals surface area contributed by atoms with Crippen LogP contribution in [0.4, 0.5) is 0 Å². The molecule has 346 valence electrons. The molecule has 0 aromatic heterocycles. The summed E-state index contributed by atoms with van der Waals surface area (Å²) < 4.78 is 26.7. The molecule has 5 N–H and O–H groups in total. The van der Waals surface area contributed by atoms with E-state index in [9.17, 15) is 25.5 Å². The summed E-state index contributed by atoms with van der Waals surface area (Å²) in [6, 6.07) is 0. The fourth-order valence-corrected chi connectivity index (χ4v) is 8.13. The van der Waals surface area contributed by atoms with Crippen molar-refractivity contribution in [3.8, 4) is 0 Å². The number of allylic oxidation sites excluding steroid dienone is 5. The molecule has 0 aromatic rings. The molecule has 10 nitrogen and oxygen atoms in total. The third kappa shape index (κ3) is 21.5. The molecule has 0 aromatic carbocycles. The quantitative estimate of drug-likeness (QED) is 0.106. The second kappa shape index (κ2) is 33.1. The summed E-state index contributed by atoms with van der Waals surface area (Å²) in [6.45, 7) is 25.1. The van der Waals surface area contributed by atoms with E-state index in [0.29, 0.717) is 19.8 Å². The smallest absolute Gasteiger partial charge is 0.127 e. The summed E-state index contributed by atoms with van der Waals surface area (Å²) in [5, 5.41) is 47.9. The van der Waals surface area contributed by atoms with Gasteiger partial charge < -0.3 is 49.2 Å². The van der Waals surface area contributed by atoms with Gasteiger partial charge in [-0.2, -0.15) is 0 Å². The Morgan fingerprint density at radius 2 is 0.667 bits per heavy atom. The highest BCUT2D eigenvalue weighted by Gasteiger charge is 2.29. The molecule has 5 saturated carbocycles. The van der Waals surface area contributed by atoms with Gasteiger partial charge in [0.25, 0.3) is 0 Å². The number of ether oxygens (including phenoxy) is 5. The minimum atomic E-state index is -0.327. The van der Waals surface area contributed by atoms with Crippen molar-refractivity contribution in [2.45, 2.75) is 213 Å². The van der Waals surface area contributed by atoms with E-state index in [0.717, 1.165) is 96.3 Å². The Balaban J connectivity index is 0.000000375. The Hall–Kier alpha value is -2.54. The van der Waals surface area contributed by atoms with Crippen LogP contribution in [-0.2, 0) is 23.7 Å². The number of hydrogen-bond donors (Lipinski definition) is 5. The molecule has 5 aliphatic carbocycles. The topological polar surface area (TPSA) is 147 Å². The van der Waals surface area contributed by atoms with Gasteiger partial charge in [0.2, 0.25) is 0 Å². The number of hydrogen-bond acceptors (Lipinski definition) is 10. The van der Waals surface area contributed by atoms with Crippen LogP contribution in [0, 0.1) is 0 Å². The van der Waals surface area contributed by atoms with Gasteiger partial charge in [0.1, 0.15) is 12.2 Å². The average molecular weight is 847 g/mol. The summed E-state index contributed by atoms with van der Waals surface area (Å²) >= 11 is 0. The maximum absolute atomic E-state index is 9.64. The van der Waals surface area contributed by atoms with Crippen LogP contribution in [0.3, 0.4) is 0 Å². The lowest BCUT2D eigenvalue weighted by Crippen LogP contribution is -2.33. The van der Waals surface area contributed by atoms with E-state index < -0.39 is 0 Å². The molecular weight excluding hydrogens is 761 g/mol. The molecule has 0 heterocycles. The van der Waals surface area contributed by atoms with Crippen molar-refractivity contribution in [3.05, 3.63) is 83.9 Å². The van der Waals surface area contributed by atoms with Gasteiger partial charge in [-0.3, -0.25) is 0 Å². The average Bonchev–Trinajstić information content (AvgIpc) is 3.26. The maximum atomic E-state index is 9.64. The first-order chi connectivity index (χ1) is 28.9. The molecule has 0 amide bonds. The van der Waals surface area contributed by atoms with Gasteiger partial charge in [0.05, 0.1) is 61.4 Å². The molecule has 5 aliphatic rings. The highest BCUT2D eigenvalue weighted by Crippen LogP contribution is 2.29. The standard InChI is InChI=1S/3C10H18O2.2C10H16O2/c2*1-3-8-5-6-10(12-4-2)9(11)7-8;3*1-3-8-5-6-9(11)10(7-8)12-4-2/h3*3,9-11H,4-7H2,1-2H3;2*3-4,9-11H,2,5-7H2,1H3/b8-3+;2*8-3-;8-3+;8-3-. The van der Waals surface area contributed by atoms with Crippen LogP contribution in [0.15, 0.2) is 83.9 Å². The fraction of sp³-hybridized carbons (Fsp3) is 0.720. The summed E-state index contributed by atoms with van der Waals surface area (Å²) in [5.74, 6) is 0. The van der Waals surface area contributed by atoms with Crippen LogP contribution in [0.5, 0.6) is 0 Å². The lowest BCUT2D eigenvalue weighted by Gasteiger charge is -2.29. The third-order valence-corrected chi connectivity index (χ3v) is 12.0. The molecular formula is C50H86O10. The minimum Gasteiger partial charge on any atom is -0.496 e. The third-order valence-electron chi connectivity index (χ3n) is 12.0. The van der Waals surface area contributed by atoms with Crippen LogP contribution < -0.4 is 0 Å². The number of rotatable bonds is 10. The van der Waals surface area contributed by atoms with Crippen LogP contribution in [0.2, 0.25) is 0 Å². The molecule has 5 rings (SSSR count). The van der Waals surface area contributed by atoms with E-state index in [1.807, 2.05) is 48.5 Å². The van der Waals surface area contributed by atoms with Gasteiger partial charge in [0.15, 0.2) is 0 Å². The van der Waals surface area contributed by atoms with Crippen molar-refractivity contribution >= 4 is 0 Å². The van der Waals surface area contributed by atoms with Gasteiger partial charge in [0, 0.05) is 32.7 Å². The summed E-state index contributed by atoms with van der Waals surface area (Å²) in [4.78, 5) is 0. The normalized spacial score (nSPS) is 33.8. The van der Waals surface area contributed by atoms with Crippen molar-refractivity contribution in [2.75, 3.05) is 19.8 Å². The van der Waals surface area contributed by atoms with Crippen molar-refractivity contribution in [3.63, 3.8) is 0 Å². The minimum absolute atomic E-state index is 0.0370. The number of aliphatic hydroxyl groups is 5. The van der Waals surface area contributed by atoms with Crippen molar-refractivity contribution in [1.82, 2.24) is 0 Å². The maximum Gasteiger partial charge on any atom is 0.127 e. The Morgan fingerprint density at radius 1 is 0.400 bits per heavy atom. The second-order valence-electron chi connectivity index (χ2n) is 15.9. The highest BCUT2D eigenvalue weighted by atomic mass is 16.5. The van der Waals surface area contributed by atoms with E-state index >= 15 is 0 Å². The van der Waals surface area contributed by atoms with Crippen LogP contribution in [-0.4, -0.2) is 106 Å². The summed E-state index contributed by atoms with van der Waals surface area (Å²) in [5.41, 5.74) is 6.87. The molecule has 10 unspecified atom stereocenters. The molecule has 0 aliphatic heterocycles. The Morgan fingerprint density at radius 3 is 0.950 bits per heavy atom. The fourth-order valence-electron chi connectivity index (χ4n) is 8.13. The van der Waals surface area contributed by atoms with Crippen molar-refractivity contribution < 1.29 is 49.2 Å². The van der Waals surface area contributed by atoms with Crippen molar-refractivity contribution in [1.29, 1.82) is 0 Å². The Kier molecular flexibility index (Phi) is 30.6. The molecule has 0 bridgehead atoms. The van der Waals surface area contributed by atoms with E-state index in [1.165, 1.54) is 40.4 Å². The van der Waals surface area contributed by atoms with E-state index in [1.54, 1.807) is 0 Å². The molecule has 0 saturated heterocycles. The van der Waals surface area contributed by atoms with Gasteiger partial charge in [-0.05, 0) is 139 Å². The van der Waals surface area contributed by atoms with E-state index in [4.69, 9.17) is 23.7 Å². The zero-order chi connectivity index (χ0) is 44.9. The van der Waals surface area contributed by atoms with E-state index in [2.05, 4.69) is 50.5 Å². The largest absolute Gasteiger partial charge is 0.496 e.